The molecule has 0 spiro atoms. The molecule has 2 aliphatic rings. The van der Waals surface area contributed by atoms with Crippen LogP contribution in [0.4, 0.5) is 8.78 Å². The number of rotatable bonds is 3. The van der Waals surface area contributed by atoms with Crippen LogP contribution in [0, 0.1) is 23.5 Å². The van der Waals surface area contributed by atoms with Gasteiger partial charge in [0.2, 0.25) is 5.91 Å². The average Bonchev–Trinajstić information content (AvgIpc) is 3.29. The summed E-state index contributed by atoms with van der Waals surface area (Å²) < 4.78 is 27.0. The highest BCUT2D eigenvalue weighted by Gasteiger charge is 2.47. The first kappa shape index (κ1) is 14.4. The molecule has 114 valence electrons. The molecule has 0 radical (unpaired) electrons. The zero-order valence-corrected chi connectivity index (χ0v) is 11.8. The topological polar surface area (TPSA) is 40.5 Å². The third-order valence-corrected chi connectivity index (χ3v) is 4.58. The highest BCUT2D eigenvalue weighted by molar-refractivity contribution is 5.83. The summed E-state index contributed by atoms with van der Waals surface area (Å²) in [7, 11) is 0. The van der Waals surface area contributed by atoms with Gasteiger partial charge in [0.1, 0.15) is 0 Å². The number of hydrogen-bond donors (Lipinski definition) is 1. The molecule has 5 heteroatoms. The Hall–Kier alpha value is -1.49. The van der Waals surface area contributed by atoms with Crippen molar-refractivity contribution < 1.29 is 18.7 Å². The molecule has 3 unspecified atom stereocenters. The molecule has 0 bridgehead atoms. The highest BCUT2D eigenvalue weighted by atomic mass is 19.2. The van der Waals surface area contributed by atoms with Crippen LogP contribution < -0.4 is 0 Å². The van der Waals surface area contributed by atoms with E-state index in [1.807, 2.05) is 0 Å². The fraction of sp³-hybridized carbons (Fsp3) is 0.562. The zero-order valence-electron chi connectivity index (χ0n) is 11.8. The van der Waals surface area contributed by atoms with E-state index >= 15 is 0 Å². The summed E-state index contributed by atoms with van der Waals surface area (Å²) in [6, 6.07) is 4.13. The number of halogens is 2. The van der Waals surface area contributed by atoms with E-state index in [-0.39, 0.29) is 30.3 Å². The normalized spacial score (nSPS) is 28.5. The van der Waals surface area contributed by atoms with Crippen molar-refractivity contribution in [1.82, 2.24) is 4.90 Å². The number of amides is 1. The van der Waals surface area contributed by atoms with Gasteiger partial charge in [-0.05, 0) is 42.7 Å². The molecule has 1 amide bonds. The van der Waals surface area contributed by atoms with Crippen LogP contribution in [0.25, 0.3) is 0 Å². The SMILES string of the molecule is O=C(C1CC1c1cccc(F)c1F)N1CCCC(CO)C1. The molecule has 1 aliphatic heterocycles. The molecule has 21 heavy (non-hydrogen) atoms. The average molecular weight is 295 g/mol. The van der Waals surface area contributed by atoms with Crippen LogP contribution >= 0.6 is 0 Å². The van der Waals surface area contributed by atoms with Gasteiger partial charge in [-0.25, -0.2) is 8.78 Å². The van der Waals surface area contributed by atoms with Gasteiger partial charge in [-0.3, -0.25) is 4.79 Å². The van der Waals surface area contributed by atoms with Crippen LogP contribution in [0.15, 0.2) is 18.2 Å². The fourth-order valence-corrected chi connectivity index (χ4v) is 3.27. The summed E-state index contributed by atoms with van der Waals surface area (Å²) in [6.07, 6.45) is 2.41. The van der Waals surface area contributed by atoms with Gasteiger partial charge in [0, 0.05) is 25.6 Å². The van der Waals surface area contributed by atoms with Gasteiger partial charge in [-0.1, -0.05) is 12.1 Å². The smallest absolute Gasteiger partial charge is 0.226 e. The lowest BCUT2D eigenvalue weighted by molar-refractivity contribution is -0.134. The Kier molecular flexibility index (Phi) is 3.93. The van der Waals surface area contributed by atoms with Gasteiger partial charge in [0.15, 0.2) is 11.6 Å². The molecule has 1 heterocycles. The van der Waals surface area contributed by atoms with Crippen LogP contribution in [-0.4, -0.2) is 35.6 Å². The van der Waals surface area contributed by atoms with Crippen molar-refractivity contribution in [2.75, 3.05) is 19.7 Å². The van der Waals surface area contributed by atoms with Gasteiger partial charge < -0.3 is 10.0 Å². The first-order valence-electron chi connectivity index (χ1n) is 7.45. The minimum absolute atomic E-state index is 0.0156. The first-order valence-corrected chi connectivity index (χ1v) is 7.45. The maximum Gasteiger partial charge on any atom is 0.226 e. The number of carbonyl (C=O) groups is 1. The maximum absolute atomic E-state index is 13.8. The van der Waals surface area contributed by atoms with Crippen LogP contribution in [0.5, 0.6) is 0 Å². The number of carbonyl (C=O) groups excluding carboxylic acids is 1. The van der Waals surface area contributed by atoms with Crippen LogP contribution in [-0.2, 0) is 4.79 Å². The van der Waals surface area contributed by atoms with Crippen molar-refractivity contribution in [3.8, 4) is 0 Å². The molecule has 3 atom stereocenters. The van der Waals surface area contributed by atoms with Gasteiger partial charge >= 0.3 is 0 Å². The van der Waals surface area contributed by atoms with Crippen molar-refractivity contribution in [2.45, 2.75) is 25.2 Å². The summed E-state index contributed by atoms with van der Waals surface area (Å²) >= 11 is 0. The van der Waals surface area contributed by atoms with E-state index in [1.165, 1.54) is 6.07 Å². The molecule has 1 aromatic carbocycles. The number of piperidine rings is 1. The van der Waals surface area contributed by atoms with Gasteiger partial charge in [0.25, 0.3) is 0 Å². The van der Waals surface area contributed by atoms with Crippen molar-refractivity contribution in [2.24, 2.45) is 11.8 Å². The molecule has 1 aliphatic carbocycles. The number of nitrogens with zero attached hydrogens (tertiary/aromatic N) is 1. The Morgan fingerprint density at radius 3 is 2.95 bits per heavy atom. The minimum atomic E-state index is -0.857. The largest absolute Gasteiger partial charge is 0.396 e. The van der Waals surface area contributed by atoms with E-state index in [1.54, 1.807) is 11.0 Å². The van der Waals surface area contributed by atoms with E-state index in [4.69, 9.17) is 0 Å². The zero-order chi connectivity index (χ0) is 15.0. The Morgan fingerprint density at radius 1 is 1.38 bits per heavy atom. The van der Waals surface area contributed by atoms with Crippen LogP contribution in [0.3, 0.4) is 0 Å². The summed E-state index contributed by atoms with van der Waals surface area (Å²) in [5.74, 6) is -1.97. The molecule has 0 aromatic heterocycles. The van der Waals surface area contributed by atoms with Crippen molar-refractivity contribution >= 4 is 5.91 Å². The van der Waals surface area contributed by atoms with Crippen molar-refractivity contribution in [3.05, 3.63) is 35.4 Å². The number of benzene rings is 1. The lowest BCUT2D eigenvalue weighted by atomic mass is 9.98. The molecule has 3 rings (SSSR count). The maximum atomic E-state index is 13.8. The number of aliphatic hydroxyl groups is 1. The van der Waals surface area contributed by atoms with Gasteiger partial charge in [-0.2, -0.15) is 0 Å². The minimum Gasteiger partial charge on any atom is -0.396 e. The Labute approximate surface area is 122 Å². The summed E-state index contributed by atoms with van der Waals surface area (Å²) in [5, 5.41) is 9.21. The molecule has 3 nitrogen and oxygen atoms in total. The number of aliphatic hydroxyl groups excluding tert-OH is 1. The van der Waals surface area contributed by atoms with Crippen molar-refractivity contribution in [1.29, 1.82) is 0 Å². The third kappa shape index (κ3) is 2.79. The van der Waals surface area contributed by atoms with Gasteiger partial charge in [-0.15, -0.1) is 0 Å². The van der Waals surface area contributed by atoms with E-state index in [0.29, 0.717) is 25.1 Å². The lowest BCUT2D eigenvalue weighted by Gasteiger charge is -2.32. The third-order valence-electron chi connectivity index (χ3n) is 4.58. The Bertz CT molecular complexity index is 549. The van der Waals surface area contributed by atoms with E-state index < -0.39 is 11.6 Å². The molecular formula is C16H19F2NO2. The summed E-state index contributed by atoms with van der Waals surface area (Å²) in [4.78, 5) is 14.2. The Balaban J connectivity index is 1.67. The second kappa shape index (κ2) is 5.72. The van der Waals surface area contributed by atoms with E-state index in [9.17, 15) is 18.7 Å². The number of likely N-dealkylation sites (tertiary alicyclic amines) is 1. The van der Waals surface area contributed by atoms with Crippen LogP contribution in [0.1, 0.15) is 30.7 Å². The monoisotopic (exact) mass is 295 g/mol. The molecule has 1 aromatic rings. The molecule has 2 fully saturated rings. The molecule has 1 saturated heterocycles. The second-order valence-electron chi connectivity index (χ2n) is 6.07. The summed E-state index contributed by atoms with van der Waals surface area (Å²) in [5.41, 5.74) is 0.309. The predicted octanol–water partition coefficient (Wildman–Crippen LogP) is 2.30. The molecule has 1 N–H and O–H groups in total. The lowest BCUT2D eigenvalue weighted by Crippen LogP contribution is -2.41. The fourth-order valence-electron chi connectivity index (χ4n) is 3.27. The molecular weight excluding hydrogens is 276 g/mol. The second-order valence-corrected chi connectivity index (χ2v) is 6.07. The Morgan fingerprint density at radius 2 is 2.19 bits per heavy atom. The van der Waals surface area contributed by atoms with Crippen LogP contribution in [0.2, 0.25) is 0 Å². The molecule has 1 saturated carbocycles. The summed E-state index contributed by atoms with van der Waals surface area (Å²) in [6.45, 7) is 1.37. The van der Waals surface area contributed by atoms with Crippen molar-refractivity contribution in [3.63, 3.8) is 0 Å². The van der Waals surface area contributed by atoms with E-state index in [0.717, 1.165) is 18.9 Å². The highest BCUT2D eigenvalue weighted by Crippen LogP contribution is 2.49. The first-order chi connectivity index (χ1) is 10.1. The quantitative estimate of drug-likeness (QED) is 0.929. The van der Waals surface area contributed by atoms with Gasteiger partial charge in [0.05, 0.1) is 0 Å². The predicted molar refractivity (Wildman–Crippen MR) is 73.6 cm³/mol. The number of hydrogen-bond acceptors (Lipinski definition) is 2. The van der Waals surface area contributed by atoms with E-state index in [2.05, 4.69) is 0 Å². The standard InChI is InChI=1S/C16H19F2NO2/c17-14-5-1-4-11(15(14)18)12-7-13(12)16(21)19-6-2-3-10(8-19)9-20/h1,4-5,10,12-13,20H,2-3,6-9H2.